The molecular formula is C28H32N6O2S. The zero-order valence-electron chi connectivity index (χ0n) is 21.4. The monoisotopic (exact) mass is 516 g/mol. The Morgan fingerprint density at radius 2 is 2.03 bits per heavy atom. The number of pyridine rings is 2. The van der Waals surface area contributed by atoms with Crippen molar-refractivity contribution in [2.45, 2.75) is 58.5 Å². The van der Waals surface area contributed by atoms with Crippen LogP contribution in [-0.4, -0.2) is 34.0 Å². The lowest BCUT2D eigenvalue weighted by Crippen LogP contribution is -2.46. The Kier molecular flexibility index (Phi) is 6.72. The van der Waals surface area contributed by atoms with E-state index >= 15 is 0 Å². The Bertz CT molecular complexity index is 1410. The lowest BCUT2D eigenvalue weighted by atomic mass is 10.0. The molecule has 3 aromatic heterocycles. The SMILES string of the molecule is C=CC(=C)NC1CCCC1NC(=O)c1sc2nccc3c2c1NC(=O)N3c1cnc(CC(C)C)cc1C. The number of urea groups is 1. The van der Waals surface area contributed by atoms with Gasteiger partial charge in [0.25, 0.3) is 5.91 Å². The molecule has 1 fully saturated rings. The van der Waals surface area contributed by atoms with Crippen molar-refractivity contribution in [3.8, 4) is 0 Å². The number of rotatable bonds is 8. The molecule has 192 valence electrons. The number of nitrogens with one attached hydrogen (secondary N) is 3. The summed E-state index contributed by atoms with van der Waals surface area (Å²) in [5, 5.41) is 10.3. The van der Waals surface area contributed by atoms with Crippen LogP contribution in [0.15, 0.2) is 49.5 Å². The summed E-state index contributed by atoms with van der Waals surface area (Å²) in [5.41, 5.74) is 4.63. The molecule has 2 aliphatic rings. The first-order chi connectivity index (χ1) is 17.8. The number of carbonyl (C=O) groups excluding carboxylic acids is 2. The molecule has 37 heavy (non-hydrogen) atoms. The molecule has 0 aromatic carbocycles. The number of aryl methyl sites for hydroxylation is 1. The molecule has 1 aliphatic carbocycles. The predicted molar refractivity (Wildman–Crippen MR) is 150 cm³/mol. The van der Waals surface area contributed by atoms with E-state index in [-0.39, 0.29) is 24.0 Å². The number of anilines is 3. The van der Waals surface area contributed by atoms with Crippen LogP contribution >= 0.6 is 11.3 Å². The van der Waals surface area contributed by atoms with Crippen molar-refractivity contribution in [1.29, 1.82) is 0 Å². The Hall–Kier alpha value is -3.72. The topological polar surface area (TPSA) is 99.2 Å². The van der Waals surface area contributed by atoms with Gasteiger partial charge in [0.2, 0.25) is 0 Å². The molecule has 5 rings (SSSR count). The van der Waals surface area contributed by atoms with Crippen molar-refractivity contribution in [2.75, 3.05) is 10.2 Å². The third kappa shape index (κ3) is 4.71. The van der Waals surface area contributed by atoms with E-state index < -0.39 is 0 Å². The normalized spacial score (nSPS) is 18.7. The van der Waals surface area contributed by atoms with Crippen LogP contribution in [0.25, 0.3) is 10.2 Å². The lowest BCUT2D eigenvalue weighted by molar-refractivity contribution is 0.0937. The molecule has 2 atom stereocenters. The number of hydrogen-bond donors (Lipinski definition) is 3. The molecule has 1 aliphatic heterocycles. The molecule has 0 saturated heterocycles. The van der Waals surface area contributed by atoms with E-state index in [1.54, 1.807) is 23.4 Å². The van der Waals surface area contributed by atoms with Gasteiger partial charge < -0.3 is 16.0 Å². The molecule has 1 saturated carbocycles. The highest BCUT2D eigenvalue weighted by molar-refractivity contribution is 7.21. The van der Waals surface area contributed by atoms with Crippen LogP contribution in [-0.2, 0) is 6.42 Å². The smallest absolute Gasteiger partial charge is 0.331 e. The van der Waals surface area contributed by atoms with E-state index in [2.05, 4.69) is 52.9 Å². The summed E-state index contributed by atoms with van der Waals surface area (Å²) in [6, 6.07) is 3.58. The van der Waals surface area contributed by atoms with Gasteiger partial charge in [-0.1, -0.05) is 27.0 Å². The number of hydrogen-bond acceptors (Lipinski definition) is 6. The summed E-state index contributed by atoms with van der Waals surface area (Å²) in [7, 11) is 0. The number of nitrogens with zero attached hydrogens (tertiary/aromatic N) is 3. The van der Waals surface area contributed by atoms with Gasteiger partial charge in [-0.3, -0.25) is 14.7 Å². The van der Waals surface area contributed by atoms with Gasteiger partial charge >= 0.3 is 6.03 Å². The van der Waals surface area contributed by atoms with E-state index in [1.165, 1.54) is 11.3 Å². The summed E-state index contributed by atoms with van der Waals surface area (Å²) in [4.78, 5) is 38.8. The maximum absolute atomic E-state index is 13.5. The first-order valence-electron chi connectivity index (χ1n) is 12.6. The van der Waals surface area contributed by atoms with Crippen molar-refractivity contribution >= 4 is 50.6 Å². The van der Waals surface area contributed by atoms with E-state index in [9.17, 15) is 9.59 Å². The summed E-state index contributed by atoms with van der Waals surface area (Å²) >= 11 is 1.29. The van der Waals surface area contributed by atoms with Gasteiger partial charge in [-0.2, -0.15) is 0 Å². The molecule has 0 radical (unpaired) electrons. The molecule has 8 nitrogen and oxygen atoms in total. The Morgan fingerprint density at radius 3 is 2.73 bits per heavy atom. The second-order valence-electron chi connectivity index (χ2n) is 10.1. The minimum Gasteiger partial charge on any atom is -0.381 e. The van der Waals surface area contributed by atoms with Gasteiger partial charge in [-0.05, 0) is 62.3 Å². The minimum absolute atomic E-state index is 0.0390. The predicted octanol–water partition coefficient (Wildman–Crippen LogP) is 5.82. The van der Waals surface area contributed by atoms with Gasteiger partial charge in [0.05, 0.1) is 28.6 Å². The molecule has 9 heteroatoms. The molecular weight excluding hydrogens is 484 g/mol. The van der Waals surface area contributed by atoms with Crippen molar-refractivity contribution in [1.82, 2.24) is 20.6 Å². The van der Waals surface area contributed by atoms with Crippen LogP contribution in [0.2, 0.25) is 0 Å². The Morgan fingerprint density at radius 1 is 1.27 bits per heavy atom. The van der Waals surface area contributed by atoms with Gasteiger partial charge in [-0.15, -0.1) is 11.3 Å². The third-order valence-corrected chi connectivity index (χ3v) is 8.00. The van der Waals surface area contributed by atoms with Gasteiger partial charge in [-0.25, -0.2) is 9.78 Å². The zero-order chi connectivity index (χ0) is 26.3. The number of carbonyl (C=O) groups is 2. The third-order valence-electron chi connectivity index (χ3n) is 6.90. The minimum atomic E-state index is -0.323. The van der Waals surface area contributed by atoms with Crippen LogP contribution in [0.5, 0.6) is 0 Å². The van der Waals surface area contributed by atoms with E-state index in [0.717, 1.165) is 48.0 Å². The molecule has 2 unspecified atom stereocenters. The van der Waals surface area contributed by atoms with Crippen molar-refractivity contribution in [3.63, 3.8) is 0 Å². The highest BCUT2D eigenvalue weighted by Crippen LogP contribution is 2.46. The average Bonchev–Trinajstić information content (AvgIpc) is 3.44. The first-order valence-corrected chi connectivity index (χ1v) is 13.4. The number of aromatic nitrogens is 2. The molecule has 0 bridgehead atoms. The first kappa shape index (κ1) is 25.0. The van der Waals surface area contributed by atoms with Crippen LogP contribution in [0.1, 0.15) is 54.0 Å². The fraction of sp³-hybridized carbons (Fsp3) is 0.357. The molecule has 0 spiro atoms. The summed E-state index contributed by atoms with van der Waals surface area (Å²) in [6.07, 6.45) is 8.81. The van der Waals surface area contributed by atoms with E-state index in [0.29, 0.717) is 32.7 Å². The fourth-order valence-electron chi connectivity index (χ4n) is 5.19. The summed E-state index contributed by atoms with van der Waals surface area (Å²) in [5.74, 6) is 0.279. The number of amides is 3. The largest absolute Gasteiger partial charge is 0.381 e. The van der Waals surface area contributed by atoms with E-state index in [4.69, 9.17) is 0 Å². The Labute approximate surface area is 220 Å². The quantitative estimate of drug-likeness (QED) is 0.328. The highest BCUT2D eigenvalue weighted by atomic mass is 32.1. The van der Waals surface area contributed by atoms with Gasteiger partial charge in [0.1, 0.15) is 9.71 Å². The second-order valence-corrected chi connectivity index (χ2v) is 11.1. The number of allylic oxidation sites excluding steroid dienone is 1. The maximum Gasteiger partial charge on any atom is 0.331 e. The van der Waals surface area contributed by atoms with Crippen LogP contribution in [0.4, 0.5) is 21.9 Å². The number of thiophene rings is 1. The van der Waals surface area contributed by atoms with Crippen LogP contribution < -0.4 is 20.9 Å². The fourth-order valence-corrected chi connectivity index (χ4v) is 6.21. The average molecular weight is 517 g/mol. The maximum atomic E-state index is 13.5. The van der Waals surface area contributed by atoms with Crippen molar-refractivity contribution in [3.05, 3.63) is 65.6 Å². The van der Waals surface area contributed by atoms with Crippen molar-refractivity contribution < 1.29 is 9.59 Å². The van der Waals surface area contributed by atoms with E-state index in [1.807, 2.05) is 19.1 Å². The zero-order valence-corrected chi connectivity index (χ0v) is 22.2. The second kappa shape index (κ2) is 9.97. The van der Waals surface area contributed by atoms with Crippen LogP contribution in [0, 0.1) is 12.8 Å². The van der Waals surface area contributed by atoms with Crippen LogP contribution in [0.3, 0.4) is 0 Å². The molecule has 3 N–H and O–H groups in total. The lowest BCUT2D eigenvalue weighted by Gasteiger charge is -2.29. The highest BCUT2D eigenvalue weighted by Gasteiger charge is 2.35. The standard InChI is InChI=1S/C28H32N6O2S/c1-6-17(5)31-19-8-7-9-20(19)32-26(35)25-24-23-21(10-11-29-27(23)37-25)34(28(36)33-24)22-14-30-18(12-15(2)3)13-16(22)4/h6,10-11,13-15,19-20,31H,1,5,7-9,12H2,2-4H3,(H,32,35)(H,33,36). The summed E-state index contributed by atoms with van der Waals surface area (Å²) < 4.78 is 0. The summed E-state index contributed by atoms with van der Waals surface area (Å²) in [6.45, 7) is 14.0. The van der Waals surface area contributed by atoms with Gasteiger partial charge in [0, 0.05) is 29.7 Å². The van der Waals surface area contributed by atoms with Crippen molar-refractivity contribution in [2.24, 2.45) is 5.92 Å². The Balaban J connectivity index is 1.47. The molecule has 3 amide bonds. The molecule has 4 heterocycles. The van der Waals surface area contributed by atoms with Gasteiger partial charge in [0.15, 0.2) is 0 Å². The molecule has 3 aromatic rings.